The number of anilines is 1. The first-order chi connectivity index (χ1) is 10.2. The third-order valence-corrected chi connectivity index (χ3v) is 3.81. The second-order valence-corrected chi connectivity index (χ2v) is 5.06. The second kappa shape index (κ2) is 5.52. The van der Waals surface area contributed by atoms with Crippen LogP contribution in [0.25, 0.3) is 0 Å². The number of rotatable bonds is 2. The van der Waals surface area contributed by atoms with E-state index in [0.717, 1.165) is 24.3 Å². The Morgan fingerprint density at radius 2 is 2.19 bits per heavy atom. The lowest BCUT2D eigenvalue weighted by atomic mass is 9.96. The Morgan fingerprint density at radius 1 is 1.33 bits per heavy atom. The molecule has 2 heterocycles. The Hall–Kier alpha value is -2.43. The highest BCUT2D eigenvalue weighted by molar-refractivity contribution is 6.06. The van der Waals surface area contributed by atoms with Crippen LogP contribution in [-0.4, -0.2) is 29.5 Å². The summed E-state index contributed by atoms with van der Waals surface area (Å²) in [7, 11) is 1.63. The Kier molecular flexibility index (Phi) is 3.56. The van der Waals surface area contributed by atoms with Gasteiger partial charge in [0.25, 0.3) is 5.91 Å². The molecule has 0 N–H and O–H groups in total. The fourth-order valence-corrected chi connectivity index (χ4v) is 2.77. The molecule has 5 nitrogen and oxygen atoms in total. The standard InChI is InChI=1S/C16H17N3O2/c1-11-5-6-14(21-2)15-12(11)4-3-9-19(15)16(20)13-10-17-7-8-18-13/h5-8,10H,3-4,9H2,1-2H3. The second-order valence-electron chi connectivity index (χ2n) is 5.06. The Balaban J connectivity index is 2.08. The number of carbonyl (C=O) groups excluding carboxylic acids is 1. The molecule has 0 fully saturated rings. The number of benzene rings is 1. The van der Waals surface area contributed by atoms with Crippen LogP contribution in [0.3, 0.4) is 0 Å². The van der Waals surface area contributed by atoms with Gasteiger partial charge in [-0.2, -0.15) is 0 Å². The van der Waals surface area contributed by atoms with Gasteiger partial charge < -0.3 is 9.64 Å². The first-order valence-corrected chi connectivity index (χ1v) is 6.96. The number of hydrogen-bond donors (Lipinski definition) is 0. The van der Waals surface area contributed by atoms with Crippen molar-refractivity contribution in [3.8, 4) is 5.75 Å². The third kappa shape index (κ3) is 2.35. The van der Waals surface area contributed by atoms with Crippen LogP contribution in [0.5, 0.6) is 5.75 Å². The molecule has 5 heteroatoms. The molecule has 0 aliphatic carbocycles. The topological polar surface area (TPSA) is 55.3 Å². The molecule has 0 bridgehead atoms. The van der Waals surface area contributed by atoms with E-state index in [1.807, 2.05) is 12.1 Å². The van der Waals surface area contributed by atoms with Crippen LogP contribution in [0.4, 0.5) is 5.69 Å². The minimum absolute atomic E-state index is 0.132. The maximum atomic E-state index is 12.7. The Morgan fingerprint density at radius 3 is 2.90 bits per heavy atom. The highest BCUT2D eigenvalue weighted by Gasteiger charge is 2.28. The van der Waals surface area contributed by atoms with Crippen molar-refractivity contribution in [1.29, 1.82) is 0 Å². The molecule has 1 aromatic carbocycles. The number of ether oxygens (including phenoxy) is 1. The Labute approximate surface area is 123 Å². The monoisotopic (exact) mass is 283 g/mol. The molecular weight excluding hydrogens is 266 g/mol. The van der Waals surface area contributed by atoms with E-state index in [-0.39, 0.29) is 5.91 Å². The first-order valence-electron chi connectivity index (χ1n) is 6.96. The maximum absolute atomic E-state index is 12.7. The lowest BCUT2D eigenvalue weighted by Crippen LogP contribution is -2.36. The van der Waals surface area contributed by atoms with Crippen LogP contribution in [0, 0.1) is 6.92 Å². The minimum atomic E-state index is -0.132. The summed E-state index contributed by atoms with van der Waals surface area (Å²) in [5.41, 5.74) is 3.59. The zero-order chi connectivity index (χ0) is 14.8. The lowest BCUT2D eigenvalue weighted by molar-refractivity contribution is 0.0979. The normalized spacial score (nSPS) is 13.7. The summed E-state index contributed by atoms with van der Waals surface area (Å²) in [6.07, 6.45) is 6.49. The quantitative estimate of drug-likeness (QED) is 0.849. The van der Waals surface area contributed by atoms with Crippen LogP contribution in [0.2, 0.25) is 0 Å². The molecule has 1 aliphatic heterocycles. The van der Waals surface area contributed by atoms with E-state index in [1.54, 1.807) is 18.2 Å². The van der Waals surface area contributed by atoms with Crippen LogP contribution >= 0.6 is 0 Å². The maximum Gasteiger partial charge on any atom is 0.278 e. The average molecular weight is 283 g/mol. The van der Waals surface area contributed by atoms with Gasteiger partial charge in [-0.05, 0) is 37.0 Å². The van der Waals surface area contributed by atoms with Crippen molar-refractivity contribution >= 4 is 11.6 Å². The van der Waals surface area contributed by atoms with E-state index in [2.05, 4.69) is 16.9 Å². The SMILES string of the molecule is COc1ccc(C)c2c1N(C(=O)c1cnccn1)CCC2. The number of aromatic nitrogens is 2. The van der Waals surface area contributed by atoms with Gasteiger partial charge in [-0.1, -0.05) is 6.07 Å². The molecule has 21 heavy (non-hydrogen) atoms. The van der Waals surface area contributed by atoms with E-state index < -0.39 is 0 Å². The summed E-state index contributed by atoms with van der Waals surface area (Å²) in [4.78, 5) is 22.6. The molecule has 1 amide bonds. The summed E-state index contributed by atoms with van der Waals surface area (Å²) in [6.45, 7) is 2.73. The highest BCUT2D eigenvalue weighted by atomic mass is 16.5. The molecule has 0 radical (unpaired) electrons. The van der Waals surface area contributed by atoms with Gasteiger partial charge in [0.05, 0.1) is 19.0 Å². The van der Waals surface area contributed by atoms with Crippen molar-refractivity contribution in [2.45, 2.75) is 19.8 Å². The number of fused-ring (bicyclic) bond motifs is 1. The number of aryl methyl sites for hydroxylation is 1. The van der Waals surface area contributed by atoms with E-state index in [1.165, 1.54) is 23.5 Å². The van der Waals surface area contributed by atoms with Crippen LogP contribution in [-0.2, 0) is 6.42 Å². The van der Waals surface area contributed by atoms with Crippen LogP contribution in [0.15, 0.2) is 30.7 Å². The predicted molar refractivity (Wildman–Crippen MR) is 79.8 cm³/mol. The molecule has 0 atom stereocenters. The van der Waals surface area contributed by atoms with Gasteiger partial charge in [-0.15, -0.1) is 0 Å². The molecule has 108 valence electrons. The average Bonchev–Trinajstić information content (AvgIpc) is 2.55. The van der Waals surface area contributed by atoms with Crippen molar-refractivity contribution in [2.75, 3.05) is 18.6 Å². The fraction of sp³-hybridized carbons (Fsp3) is 0.312. The number of carbonyl (C=O) groups is 1. The van der Waals surface area contributed by atoms with Crippen molar-refractivity contribution in [3.05, 3.63) is 47.5 Å². The summed E-state index contributed by atoms with van der Waals surface area (Å²) in [5.74, 6) is 0.598. The lowest BCUT2D eigenvalue weighted by Gasteiger charge is -2.31. The number of amides is 1. The van der Waals surface area contributed by atoms with Crippen molar-refractivity contribution in [3.63, 3.8) is 0 Å². The first kappa shape index (κ1) is 13.5. The zero-order valence-electron chi connectivity index (χ0n) is 12.2. The summed E-state index contributed by atoms with van der Waals surface area (Å²) >= 11 is 0. The largest absolute Gasteiger partial charge is 0.495 e. The van der Waals surface area contributed by atoms with Gasteiger partial charge in [0, 0.05) is 18.9 Å². The number of methoxy groups -OCH3 is 1. The summed E-state index contributed by atoms with van der Waals surface area (Å²) in [5, 5.41) is 0. The van der Waals surface area contributed by atoms with Gasteiger partial charge >= 0.3 is 0 Å². The van der Waals surface area contributed by atoms with Crippen LogP contribution in [0.1, 0.15) is 28.0 Å². The van der Waals surface area contributed by atoms with E-state index >= 15 is 0 Å². The van der Waals surface area contributed by atoms with Gasteiger partial charge in [0.15, 0.2) is 0 Å². The molecule has 1 aliphatic rings. The molecular formula is C16H17N3O2. The molecule has 0 unspecified atom stereocenters. The summed E-state index contributed by atoms with van der Waals surface area (Å²) in [6, 6.07) is 3.95. The van der Waals surface area contributed by atoms with Crippen LogP contribution < -0.4 is 9.64 Å². The zero-order valence-corrected chi connectivity index (χ0v) is 12.2. The van der Waals surface area contributed by atoms with E-state index in [9.17, 15) is 4.79 Å². The van der Waals surface area contributed by atoms with Crippen molar-refractivity contribution in [2.24, 2.45) is 0 Å². The smallest absolute Gasteiger partial charge is 0.278 e. The fourth-order valence-electron chi connectivity index (χ4n) is 2.77. The minimum Gasteiger partial charge on any atom is -0.495 e. The van der Waals surface area contributed by atoms with Gasteiger partial charge in [-0.25, -0.2) is 4.98 Å². The Bertz CT molecular complexity index is 671. The van der Waals surface area contributed by atoms with Gasteiger partial charge in [-0.3, -0.25) is 9.78 Å². The van der Waals surface area contributed by atoms with Gasteiger partial charge in [0.2, 0.25) is 0 Å². The molecule has 0 spiro atoms. The number of nitrogens with zero attached hydrogens (tertiary/aromatic N) is 3. The van der Waals surface area contributed by atoms with E-state index in [0.29, 0.717) is 12.2 Å². The summed E-state index contributed by atoms with van der Waals surface area (Å²) < 4.78 is 5.45. The molecule has 1 aromatic heterocycles. The molecule has 2 aromatic rings. The van der Waals surface area contributed by atoms with Crippen molar-refractivity contribution in [1.82, 2.24) is 9.97 Å². The molecule has 0 saturated carbocycles. The highest BCUT2D eigenvalue weighted by Crippen LogP contribution is 2.38. The van der Waals surface area contributed by atoms with Crippen molar-refractivity contribution < 1.29 is 9.53 Å². The molecule has 0 saturated heterocycles. The number of hydrogen-bond acceptors (Lipinski definition) is 4. The molecule has 3 rings (SSSR count). The van der Waals surface area contributed by atoms with E-state index in [4.69, 9.17) is 4.74 Å². The third-order valence-electron chi connectivity index (χ3n) is 3.81. The van der Waals surface area contributed by atoms with Gasteiger partial charge in [0.1, 0.15) is 11.4 Å². The predicted octanol–water partition coefficient (Wildman–Crippen LogP) is 2.39.